The molecule has 98 valence electrons. The first-order valence-corrected chi connectivity index (χ1v) is 8.09. The average Bonchev–Trinajstić information content (AvgIpc) is 3.04. The summed E-state index contributed by atoms with van der Waals surface area (Å²) in [7, 11) is 0. The van der Waals surface area contributed by atoms with E-state index in [1.165, 1.54) is 12.8 Å². The van der Waals surface area contributed by atoms with E-state index in [-0.39, 0.29) is 6.10 Å². The summed E-state index contributed by atoms with van der Waals surface area (Å²) in [4.78, 5) is 7.00. The van der Waals surface area contributed by atoms with Gasteiger partial charge in [-0.3, -0.25) is 4.90 Å². The summed E-state index contributed by atoms with van der Waals surface area (Å²) < 4.78 is 0. The molecule has 0 radical (unpaired) electrons. The molecule has 1 aliphatic heterocycles. The van der Waals surface area contributed by atoms with E-state index in [4.69, 9.17) is 11.6 Å². The fourth-order valence-electron chi connectivity index (χ4n) is 4.38. The second-order valence-corrected chi connectivity index (χ2v) is 7.14. The van der Waals surface area contributed by atoms with E-state index in [9.17, 15) is 5.11 Å². The number of halogens is 1. The van der Waals surface area contributed by atoms with Crippen LogP contribution in [0.4, 0.5) is 0 Å². The summed E-state index contributed by atoms with van der Waals surface area (Å²) in [5.41, 5.74) is 0.976. The van der Waals surface area contributed by atoms with Crippen molar-refractivity contribution in [2.45, 2.75) is 37.4 Å². The molecule has 1 aromatic rings. The monoisotopic (exact) mass is 284 g/mol. The second kappa shape index (κ2) is 4.17. The van der Waals surface area contributed by atoms with Crippen LogP contribution in [-0.2, 0) is 12.4 Å². The predicted octanol–water partition coefficient (Wildman–Crippen LogP) is 2.08. The molecule has 3 fully saturated rings. The molecule has 4 rings (SSSR count). The Morgan fingerprint density at radius 2 is 2.33 bits per heavy atom. The lowest BCUT2D eigenvalue weighted by Crippen LogP contribution is -2.40. The maximum atomic E-state index is 10.3. The Hall–Kier alpha value is -0.160. The highest BCUT2D eigenvalue weighted by atomic mass is 35.5. The number of alkyl halides is 1. The van der Waals surface area contributed by atoms with E-state index in [0.29, 0.717) is 17.8 Å². The van der Waals surface area contributed by atoms with Gasteiger partial charge < -0.3 is 5.11 Å². The fourth-order valence-corrected chi connectivity index (χ4v) is 5.42. The van der Waals surface area contributed by atoms with Gasteiger partial charge in [-0.2, -0.15) is 0 Å². The van der Waals surface area contributed by atoms with E-state index in [1.54, 1.807) is 11.3 Å². The maximum Gasteiger partial charge on any atom is 0.107 e. The number of fused-ring (bicyclic) bond motifs is 1. The van der Waals surface area contributed by atoms with Crippen LogP contribution < -0.4 is 0 Å². The van der Waals surface area contributed by atoms with Crippen LogP contribution in [0.25, 0.3) is 0 Å². The summed E-state index contributed by atoms with van der Waals surface area (Å²) in [6.45, 7) is 2.04. The number of nitrogens with zero attached hydrogens (tertiary/aromatic N) is 2. The van der Waals surface area contributed by atoms with Crippen molar-refractivity contribution in [3.05, 3.63) is 16.1 Å². The standard InChI is InChI=1S/C13H17ClN2OS/c14-3-9-6-18-11(15-9)5-16-4-8-1-7-2-10(8)12(16)13(7)17/h6-8,10,12-13,17H,1-5H2. The molecule has 1 N–H and O–H groups in total. The van der Waals surface area contributed by atoms with Gasteiger partial charge in [0.2, 0.25) is 0 Å². The summed E-state index contributed by atoms with van der Waals surface area (Å²) >= 11 is 7.48. The number of rotatable bonds is 3. The van der Waals surface area contributed by atoms with Crippen molar-refractivity contribution in [3.8, 4) is 0 Å². The molecule has 18 heavy (non-hydrogen) atoms. The van der Waals surface area contributed by atoms with Gasteiger partial charge >= 0.3 is 0 Å². The molecule has 2 bridgehead atoms. The highest BCUT2D eigenvalue weighted by Gasteiger charge is 2.58. The molecule has 1 aromatic heterocycles. The third kappa shape index (κ3) is 1.59. The Labute approximate surface area is 116 Å². The summed E-state index contributed by atoms with van der Waals surface area (Å²) in [6.07, 6.45) is 2.39. The molecular formula is C13H17ClN2OS. The van der Waals surface area contributed by atoms with Crippen molar-refractivity contribution >= 4 is 22.9 Å². The Balaban J connectivity index is 1.53. The summed E-state index contributed by atoms with van der Waals surface area (Å²) in [6, 6.07) is 0.400. The van der Waals surface area contributed by atoms with E-state index in [0.717, 1.165) is 35.6 Å². The van der Waals surface area contributed by atoms with Gasteiger partial charge in [0.1, 0.15) is 5.01 Å². The minimum atomic E-state index is -0.0961. The molecule has 3 aliphatic rings. The van der Waals surface area contributed by atoms with Crippen molar-refractivity contribution in [3.63, 3.8) is 0 Å². The van der Waals surface area contributed by atoms with Crippen LogP contribution in [0.15, 0.2) is 5.38 Å². The minimum Gasteiger partial charge on any atom is -0.391 e. The van der Waals surface area contributed by atoms with Gasteiger partial charge in [0.15, 0.2) is 0 Å². The van der Waals surface area contributed by atoms with Crippen LogP contribution in [0.5, 0.6) is 0 Å². The van der Waals surface area contributed by atoms with Gasteiger partial charge in [-0.1, -0.05) is 0 Å². The summed E-state index contributed by atoms with van der Waals surface area (Å²) in [5.74, 6) is 2.65. The quantitative estimate of drug-likeness (QED) is 0.864. The average molecular weight is 285 g/mol. The van der Waals surface area contributed by atoms with E-state index < -0.39 is 0 Å². The highest BCUT2D eigenvalue weighted by Crippen LogP contribution is 2.55. The van der Waals surface area contributed by atoms with Crippen LogP contribution in [0.3, 0.4) is 0 Å². The lowest BCUT2D eigenvalue weighted by Gasteiger charge is -2.28. The number of likely N-dealkylation sites (tertiary alicyclic amines) is 1. The highest BCUT2D eigenvalue weighted by molar-refractivity contribution is 7.09. The van der Waals surface area contributed by atoms with Gasteiger partial charge in [-0.15, -0.1) is 22.9 Å². The number of hydrogen-bond donors (Lipinski definition) is 1. The predicted molar refractivity (Wildman–Crippen MR) is 71.6 cm³/mol. The Morgan fingerprint density at radius 1 is 1.44 bits per heavy atom. The van der Waals surface area contributed by atoms with Crippen LogP contribution in [0.1, 0.15) is 23.5 Å². The smallest absolute Gasteiger partial charge is 0.107 e. The first-order chi connectivity index (χ1) is 8.76. The van der Waals surface area contributed by atoms with Crippen molar-refractivity contribution in [1.29, 1.82) is 0 Å². The number of aromatic nitrogens is 1. The normalized spacial score (nSPS) is 42.0. The van der Waals surface area contributed by atoms with Gasteiger partial charge in [-0.25, -0.2) is 4.98 Å². The molecule has 5 atom stereocenters. The van der Waals surface area contributed by atoms with Crippen molar-refractivity contribution in [1.82, 2.24) is 9.88 Å². The van der Waals surface area contributed by atoms with Crippen molar-refractivity contribution in [2.75, 3.05) is 6.54 Å². The SMILES string of the molecule is OC1C2CC3CN(Cc4nc(CCl)cs4)C1C3C2. The minimum absolute atomic E-state index is 0.0961. The molecule has 1 saturated heterocycles. The molecule has 3 nitrogen and oxygen atoms in total. The zero-order valence-corrected chi connectivity index (χ0v) is 11.7. The molecule has 2 heterocycles. The molecule has 2 saturated carbocycles. The Kier molecular flexibility index (Phi) is 2.70. The van der Waals surface area contributed by atoms with Gasteiger partial charge in [0.25, 0.3) is 0 Å². The number of aliphatic hydroxyl groups is 1. The van der Waals surface area contributed by atoms with Crippen molar-refractivity contribution < 1.29 is 5.11 Å². The van der Waals surface area contributed by atoms with Crippen molar-refractivity contribution in [2.24, 2.45) is 17.8 Å². The van der Waals surface area contributed by atoms with E-state index in [2.05, 4.69) is 9.88 Å². The summed E-state index contributed by atoms with van der Waals surface area (Å²) in [5, 5.41) is 13.5. The van der Waals surface area contributed by atoms with Crippen LogP contribution >= 0.6 is 22.9 Å². The molecule has 0 aromatic carbocycles. The van der Waals surface area contributed by atoms with Crippen LogP contribution in [0.2, 0.25) is 0 Å². The van der Waals surface area contributed by atoms with Gasteiger partial charge in [-0.05, 0) is 30.6 Å². The largest absolute Gasteiger partial charge is 0.391 e. The van der Waals surface area contributed by atoms with E-state index >= 15 is 0 Å². The van der Waals surface area contributed by atoms with Crippen LogP contribution in [0, 0.1) is 17.8 Å². The maximum absolute atomic E-state index is 10.3. The molecule has 0 amide bonds. The lowest BCUT2D eigenvalue weighted by molar-refractivity contribution is 0.0484. The zero-order chi connectivity index (χ0) is 12.3. The zero-order valence-electron chi connectivity index (χ0n) is 10.1. The number of hydrogen-bond acceptors (Lipinski definition) is 4. The molecule has 2 aliphatic carbocycles. The van der Waals surface area contributed by atoms with Gasteiger partial charge in [0.05, 0.1) is 24.2 Å². The number of aliphatic hydroxyl groups excluding tert-OH is 1. The third-order valence-electron chi connectivity index (χ3n) is 5.02. The topological polar surface area (TPSA) is 36.4 Å². The Morgan fingerprint density at radius 3 is 3.06 bits per heavy atom. The second-order valence-electron chi connectivity index (χ2n) is 5.93. The number of thiazole rings is 1. The molecule has 5 heteroatoms. The lowest BCUT2D eigenvalue weighted by atomic mass is 9.88. The van der Waals surface area contributed by atoms with Crippen LogP contribution in [-0.4, -0.2) is 33.7 Å². The van der Waals surface area contributed by atoms with Gasteiger partial charge in [0, 0.05) is 18.0 Å². The fraction of sp³-hybridized carbons (Fsp3) is 0.769. The first-order valence-electron chi connectivity index (χ1n) is 6.67. The molecule has 5 unspecified atom stereocenters. The Bertz CT molecular complexity index is 464. The first kappa shape index (κ1) is 11.6. The molecule has 0 spiro atoms. The van der Waals surface area contributed by atoms with E-state index in [1.807, 2.05) is 5.38 Å². The molecular weight excluding hydrogens is 268 g/mol. The third-order valence-corrected chi connectivity index (χ3v) is 6.18.